The molecule has 0 aliphatic carbocycles. The van der Waals surface area contributed by atoms with Crippen molar-refractivity contribution < 1.29 is 13.2 Å². The number of hydrogen-bond acceptors (Lipinski definition) is 4. The fraction of sp³-hybridized carbons (Fsp3) is 0.308. The third-order valence-electron chi connectivity index (χ3n) is 2.92. The van der Waals surface area contributed by atoms with Crippen molar-refractivity contribution in [3.05, 3.63) is 42.0 Å². The Bertz CT molecular complexity index is 707. The van der Waals surface area contributed by atoms with Crippen molar-refractivity contribution >= 4 is 10.0 Å². The monoisotopic (exact) mass is 295 g/mol. The number of imidazole rings is 1. The molecular formula is C13H17N3O3S. The van der Waals surface area contributed by atoms with Gasteiger partial charge in [-0.05, 0) is 31.5 Å². The number of aromatic nitrogens is 2. The predicted octanol–water partition coefficient (Wildman–Crippen LogP) is 1.23. The highest BCUT2D eigenvalue weighted by Crippen LogP contribution is 2.23. The van der Waals surface area contributed by atoms with Crippen molar-refractivity contribution in [3.8, 4) is 5.75 Å². The highest BCUT2D eigenvalue weighted by atomic mass is 32.2. The maximum Gasteiger partial charge on any atom is 0.241 e. The van der Waals surface area contributed by atoms with Crippen LogP contribution in [0.25, 0.3) is 0 Å². The standard InChI is InChI=1S/C13H17N3O3S/c1-10-3-4-12(13(9-10)20(14,17)18)19-8-7-16-6-5-15-11(16)2/h3-6,9H,7-8H2,1-2H3,(H2,14,17,18). The highest BCUT2D eigenvalue weighted by molar-refractivity contribution is 7.89. The fourth-order valence-corrected chi connectivity index (χ4v) is 2.61. The number of nitrogens with zero attached hydrogens (tertiary/aromatic N) is 2. The summed E-state index contributed by atoms with van der Waals surface area (Å²) in [6, 6.07) is 4.91. The second-order valence-electron chi connectivity index (χ2n) is 4.51. The van der Waals surface area contributed by atoms with Crippen molar-refractivity contribution in [1.29, 1.82) is 0 Å². The molecular weight excluding hydrogens is 278 g/mol. The van der Waals surface area contributed by atoms with Gasteiger partial charge in [0, 0.05) is 12.4 Å². The van der Waals surface area contributed by atoms with E-state index in [1.165, 1.54) is 6.07 Å². The minimum atomic E-state index is -3.79. The van der Waals surface area contributed by atoms with Gasteiger partial charge < -0.3 is 9.30 Å². The van der Waals surface area contributed by atoms with Gasteiger partial charge >= 0.3 is 0 Å². The largest absolute Gasteiger partial charge is 0.490 e. The molecule has 0 atom stereocenters. The number of hydrogen-bond donors (Lipinski definition) is 1. The van der Waals surface area contributed by atoms with Crippen molar-refractivity contribution in [2.24, 2.45) is 5.14 Å². The van der Waals surface area contributed by atoms with Gasteiger partial charge in [-0.3, -0.25) is 0 Å². The van der Waals surface area contributed by atoms with Gasteiger partial charge in [-0.15, -0.1) is 0 Å². The zero-order valence-corrected chi connectivity index (χ0v) is 12.2. The number of rotatable bonds is 5. The van der Waals surface area contributed by atoms with E-state index < -0.39 is 10.0 Å². The second-order valence-corrected chi connectivity index (χ2v) is 6.04. The van der Waals surface area contributed by atoms with Crippen molar-refractivity contribution in [1.82, 2.24) is 9.55 Å². The average molecular weight is 295 g/mol. The lowest BCUT2D eigenvalue weighted by Gasteiger charge is -2.11. The van der Waals surface area contributed by atoms with Gasteiger partial charge in [0.1, 0.15) is 23.1 Å². The number of ether oxygens (including phenoxy) is 1. The first kappa shape index (κ1) is 14.5. The molecule has 0 unspecified atom stereocenters. The van der Waals surface area contributed by atoms with Crippen LogP contribution in [0.15, 0.2) is 35.5 Å². The molecule has 7 heteroatoms. The van der Waals surface area contributed by atoms with Gasteiger partial charge in [0.15, 0.2) is 0 Å². The molecule has 2 aromatic rings. The number of sulfonamides is 1. The molecule has 2 N–H and O–H groups in total. The first-order valence-electron chi connectivity index (χ1n) is 6.12. The van der Waals surface area contributed by atoms with E-state index in [4.69, 9.17) is 9.88 Å². The van der Waals surface area contributed by atoms with Crippen LogP contribution in [0.5, 0.6) is 5.75 Å². The summed E-state index contributed by atoms with van der Waals surface area (Å²) in [5.74, 6) is 1.15. The molecule has 0 bridgehead atoms. The normalized spacial score (nSPS) is 11.6. The van der Waals surface area contributed by atoms with Crippen LogP contribution in [-0.2, 0) is 16.6 Å². The first-order chi connectivity index (χ1) is 9.38. The molecule has 0 fully saturated rings. The van der Waals surface area contributed by atoms with E-state index in [9.17, 15) is 8.42 Å². The Morgan fingerprint density at radius 1 is 1.35 bits per heavy atom. The SMILES string of the molecule is Cc1ccc(OCCn2ccnc2C)c(S(N)(=O)=O)c1. The summed E-state index contributed by atoms with van der Waals surface area (Å²) in [7, 11) is -3.79. The Balaban J connectivity index is 2.12. The minimum absolute atomic E-state index is 0.0138. The molecule has 108 valence electrons. The van der Waals surface area contributed by atoms with Crippen LogP contribution in [0, 0.1) is 13.8 Å². The van der Waals surface area contributed by atoms with Gasteiger partial charge in [-0.2, -0.15) is 0 Å². The third-order valence-corrected chi connectivity index (χ3v) is 3.85. The number of benzene rings is 1. The Morgan fingerprint density at radius 3 is 2.70 bits per heavy atom. The molecule has 1 aromatic carbocycles. The van der Waals surface area contributed by atoms with E-state index in [0.29, 0.717) is 13.2 Å². The average Bonchev–Trinajstić information content (AvgIpc) is 2.76. The fourth-order valence-electron chi connectivity index (χ4n) is 1.85. The van der Waals surface area contributed by atoms with Crippen molar-refractivity contribution in [3.63, 3.8) is 0 Å². The Hall–Kier alpha value is -1.86. The molecule has 0 spiro atoms. The van der Waals surface area contributed by atoms with Gasteiger partial charge in [-0.1, -0.05) is 6.07 Å². The molecule has 0 radical (unpaired) electrons. The van der Waals surface area contributed by atoms with Crippen molar-refractivity contribution in [2.75, 3.05) is 6.61 Å². The summed E-state index contributed by atoms with van der Waals surface area (Å²) in [6.45, 7) is 4.61. The summed E-state index contributed by atoms with van der Waals surface area (Å²) < 4.78 is 30.5. The zero-order valence-electron chi connectivity index (χ0n) is 11.4. The van der Waals surface area contributed by atoms with Crippen LogP contribution < -0.4 is 9.88 Å². The Morgan fingerprint density at radius 2 is 2.10 bits per heavy atom. The maximum atomic E-state index is 11.5. The van der Waals surface area contributed by atoms with E-state index in [-0.39, 0.29) is 10.6 Å². The quantitative estimate of drug-likeness (QED) is 0.898. The smallest absolute Gasteiger partial charge is 0.241 e. The number of primary sulfonamides is 1. The summed E-state index contributed by atoms with van der Waals surface area (Å²) >= 11 is 0. The van der Waals surface area contributed by atoms with Gasteiger partial charge in [0.2, 0.25) is 10.0 Å². The van der Waals surface area contributed by atoms with E-state index in [2.05, 4.69) is 4.98 Å². The molecule has 0 saturated carbocycles. The summed E-state index contributed by atoms with van der Waals surface area (Å²) in [6.07, 6.45) is 3.55. The van der Waals surface area contributed by atoms with Crippen LogP contribution >= 0.6 is 0 Å². The lowest BCUT2D eigenvalue weighted by molar-refractivity contribution is 0.290. The zero-order chi connectivity index (χ0) is 14.8. The Kier molecular flexibility index (Phi) is 4.10. The summed E-state index contributed by atoms with van der Waals surface area (Å²) in [5.41, 5.74) is 0.812. The molecule has 0 saturated heterocycles. The molecule has 6 nitrogen and oxygen atoms in total. The molecule has 1 aromatic heterocycles. The van der Waals surface area contributed by atoms with Crippen molar-refractivity contribution in [2.45, 2.75) is 25.3 Å². The van der Waals surface area contributed by atoms with Gasteiger partial charge in [0.05, 0.1) is 6.54 Å². The van der Waals surface area contributed by atoms with E-state index in [0.717, 1.165) is 11.4 Å². The van der Waals surface area contributed by atoms with Crippen LogP contribution in [0.1, 0.15) is 11.4 Å². The van der Waals surface area contributed by atoms with Crippen LogP contribution in [0.4, 0.5) is 0 Å². The lowest BCUT2D eigenvalue weighted by Crippen LogP contribution is -2.15. The predicted molar refractivity (Wildman–Crippen MR) is 75.0 cm³/mol. The summed E-state index contributed by atoms with van der Waals surface area (Å²) in [4.78, 5) is 4.12. The molecule has 0 aliphatic heterocycles. The first-order valence-corrected chi connectivity index (χ1v) is 7.66. The van der Waals surface area contributed by atoms with Crippen LogP contribution in [-0.4, -0.2) is 24.6 Å². The molecule has 2 rings (SSSR count). The van der Waals surface area contributed by atoms with Crippen LogP contribution in [0.2, 0.25) is 0 Å². The van der Waals surface area contributed by atoms with Gasteiger partial charge in [0.25, 0.3) is 0 Å². The molecule has 20 heavy (non-hydrogen) atoms. The number of nitrogens with two attached hydrogens (primary N) is 1. The van der Waals surface area contributed by atoms with E-state index in [1.54, 1.807) is 25.3 Å². The summed E-state index contributed by atoms with van der Waals surface area (Å²) in [5, 5.41) is 5.19. The van der Waals surface area contributed by atoms with E-state index in [1.807, 2.05) is 17.7 Å². The van der Waals surface area contributed by atoms with Gasteiger partial charge in [-0.25, -0.2) is 18.5 Å². The second kappa shape index (κ2) is 5.64. The molecule has 0 aliphatic rings. The highest BCUT2D eigenvalue weighted by Gasteiger charge is 2.15. The Labute approximate surface area is 118 Å². The van der Waals surface area contributed by atoms with Crippen LogP contribution in [0.3, 0.4) is 0 Å². The maximum absolute atomic E-state index is 11.5. The number of aryl methyl sites for hydroxylation is 2. The van der Waals surface area contributed by atoms with E-state index >= 15 is 0 Å². The molecule has 1 heterocycles. The topological polar surface area (TPSA) is 87.2 Å². The minimum Gasteiger partial charge on any atom is -0.490 e. The molecule has 0 amide bonds. The third kappa shape index (κ3) is 3.37. The lowest BCUT2D eigenvalue weighted by atomic mass is 10.2.